The van der Waals surface area contributed by atoms with Crippen LogP contribution in [0.5, 0.6) is 0 Å². The lowest BCUT2D eigenvalue weighted by Crippen LogP contribution is -2.41. The van der Waals surface area contributed by atoms with Gasteiger partial charge < -0.3 is 5.11 Å². The fourth-order valence-corrected chi connectivity index (χ4v) is 1.46. The Bertz CT molecular complexity index is 149. The van der Waals surface area contributed by atoms with E-state index in [1.165, 1.54) is 6.42 Å². The first-order valence-corrected chi connectivity index (χ1v) is 4.18. The summed E-state index contributed by atoms with van der Waals surface area (Å²) in [6.07, 6.45) is 3.55. The molecule has 1 saturated heterocycles. The molecule has 1 aliphatic heterocycles. The minimum Gasteiger partial charge on any atom is -0.480 e. The number of aliphatic carboxylic acids is 1. The molecule has 13 heavy (non-hydrogen) atoms. The average molecular weight is 230 g/mol. The van der Waals surface area contributed by atoms with Gasteiger partial charge in [0.05, 0.1) is 0 Å². The van der Waals surface area contributed by atoms with Crippen molar-refractivity contribution >= 4 is 30.8 Å². The van der Waals surface area contributed by atoms with Crippen molar-refractivity contribution in [2.24, 2.45) is 0 Å². The molecule has 1 aliphatic rings. The standard InChI is InChI=1S/C8H15NO2.2ClH/c1-7(8(10)11)9-5-3-2-4-6-9;;/h7H,2-6H2,1H3,(H,10,11);2*1H. The molecule has 0 aromatic rings. The zero-order valence-corrected chi connectivity index (χ0v) is 9.37. The SMILES string of the molecule is CC(C(=O)O)N1CCCCC1.Cl.Cl. The summed E-state index contributed by atoms with van der Waals surface area (Å²) in [7, 11) is 0. The summed E-state index contributed by atoms with van der Waals surface area (Å²) >= 11 is 0. The van der Waals surface area contributed by atoms with Crippen LogP contribution in [0.1, 0.15) is 26.2 Å². The topological polar surface area (TPSA) is 40.5 Å². The number of halogens is 2. The molecule has 0 amide bonds. The van der Waals surface area contributed by atoms with Crippen LogP contribution in [0.4, 0.5) is 0 Å². The Labute approximate surface area is 91.3 Å². The normalized spacial score (nSPS) is 19.5. The molecule has 0 aromatic heterocycles. The highest BCUT2D eigenvalue weighted by molar-refractivity contribution is 5.85. The van der Waals surface area contributed by atoms with Crippen LogP contribution in [-0.2, 0) is 4.79 Å². The summed E-state index contributed by atoms with van der Waals surface area (Å²) in [5.41, 5.74) is 0. The first-order valence-electron chi connectivity index (χ1n) is 4.18. The molecular formula is C8H17Cl2NO2. The van der Waals surface area contributed by atoms with Gasteiger partial charge in [-0.2, -0.15) is 0 Å². The van der Waals surface area contributed by atoms with Crippen molar-refractivity contribution in [2.75, 3.05) is 13.1 Å². The molecule has 1 heterocycles. The second kappa shape index (κ2) is 7.42. The smallest absolute Gasteiger partial charge is 0.320 e. The van der Waals surface area contributed by atoms with E-state index in [-0.39, 0.29) is 30.9 Å². The van der Waals surface area contributed by atoms with E-state index in [1.807, 2.05) is 4.90 Å². The zero-order valence-electron chi connectivity index (χ0n) is 7.73. The summed E-state index contributed by atoms with van der Waals surface area (Å²) in [6, 6.07) is -0.296. The Morgan fingerprint density at radius 3 is 2.08 bits per heavy atom. The molecule has 5 heteroatoms. The number of rotatable bonds is 2. The second-order valence-electron chi connectivity index (χ2n) is 3.11. The van der Waals surface area contributed by atoms with Gasteiger partial charge >= 0.3 is 5.97 Å². The minimum absolute atomic E-state index is 0. The summed E-state index contributed by atoms with van der Waals surface area (Å²) in [5.74, 6) is -0.702. The number of hydrogen-bond donors (Lipinski definition) is 1. The van der Waals surface area contributed by atoms with Crippen molar-refractivity contribution in [3.05, 3.63) is 0 Å². The van der Waals surface area contributed by atoms with Crippen molar-refractivity contribution in [2.45, 2.75) is 32.2 Å². The summed E-state index contributed by atoms with van der Waals surface area (Å²) in [4.78, 5) is 12.6. The number of likely N-dealkylation sites (tertiary alicyclic amines) is 1. The van der Waals surface area contributed by atoms with Crippen LogP contribution in [0.15, 0.2) is 0 Å². The van der Waals surface area contributed by atoms with E-state index in [0.29, 0.717) is 0 Å². The highest BCUT2D eigenvalue weighted by atomic mass is 35.5. The van der Waals surface area contributed by atoms with Crippen LogP contribution in [0.3, 0.4) is 0 Å². The van der Waals surface area contributed by atoms with Gasteiger partial charge in [-0.15, -0.1) is 24.8 Å². The average Bonchev–Trinajstić information content (AvgIpc) is 2.05. The molecule has 1 atom stereocenters. The fraction of sp³-hybridized carbons (Fsp3) is 0.875. The van der Waals surface area contributed by atoms with Gasteiger partial charge in [0.25, 0.3) is 0 Å². The van der Waals surface area contributed by atoms with Gasteiger partial charge in [-0.05, 0) is 32.9 Å². The largest absolute Gasteiger partial charge is 0.480 e. The monoisotopic (exact) mass is 229 g/mol. The van der Waals surface area contributed by atoms with Gasteiger partial charge in [0.1, 0.15) is 6.04 Å². The molecule has 3 nitrogen and oxygen atoms in total. The van der Waals surface area contributed by atoms with Gasteiger partial charge in [0.15, 0.2) is 0 Å². The Morgan fingerprint density at radius 2 is 1.69 bits per heavy atom. The third-order valence-electron chi connectivity index (χ3n) is 2.30. The number of nitrogens with zero attached hydrogens (tertiary/aromatic N) is 1. The van der Waals surface area contributed by atoms with E-state index in [2.05, 4.69) is 0 Å². The second-order valence-corrected chi connectivity index (χ2v) is 3.11. The van der Waals surface area contributed by atoms with E-state index in [0.717, 1.165) is 25.9 Å². The maximum absolute atomic E-state index is 10.6. The van der Waals surface area contributed by atoms with E-state index in [9.17, 15) is 4.79 Å². The molecule has 0 saturated carbocycles. The van der Waals surface area contributed by atoms with Crippen LogP contribution in [0.25, 0.3) is 0 Å². The predicted molar refractivity (Wildman–Crippen MR) is 57.0 cm³/mol. The Kier molecular flexibility index (Phi) is 8.83. The number of carbonyl (C=O) groups is 1. The van der Waals surface area contributed by atoms with Crippen LogP contribution < -0.4 is 0 Å². The zero-order chi connectivity index (χ0) is 8.27. The predicted octanol–water partition coefficient (Wildman–Crippen LogP) is 1.79. The van der Waals surface area contributed by atoms with E-state index in [4.69, 9.17) is 5.11 Å². The lowest BCUT2D eigenvalue weighted by Gasteiger charge is -2.29. The molecule has 1 unspecified atom stereocenters. The Balaban J connectivity index is 0. The van der Waals surface area contributed by atoms with Crippen molar-refractivity contribution < 1.29 is 9.90 Å². The Hall–Kier alpha value is 0.01000. The number of carboxylic acid groups (broad SMARTS) is 1. The van der Waals surface area contributed by atoms with Gasteiger partial charge in [0.2, 0.25) is 0 Å². The summed E-state index contributed by atoms with van der Waals surface area (Å²) < 4.78 is 0. The van der Waals surface area contributed by atoms with Crippen molar-refractivity contribution in [1.29, 1.82) is 0 Å². The quantitative estimate of drug-likeness (QED) is 0.786. The van der Waals surface area contributed by atoms with Gasteiger partial charge in [-0.3, -0.25) is 9.69 Å². The Morgan fingerprint density at radius 1 is 1.23 bits per heavy atom. The summed E-state index contributed by atoms with van der Waals surface area (Å²) in [5, 5.41) is 8.69. The van der Waals surface area contributed by atoms with Crippen molar-refractivity contribution in [1.82, 2.24) is 4.90 Å². The number of hydrogen-bond acceptors (Lipinski definition) is 2. The number of carboxylic acids is 1. The fourth-order valence-electron chi connectivity index (χ4n) is 1.46. The van der Waals surface area contributed by atoms with Crippen molar-refractivity contribution in [3.8, 4) is 0 Å². The molecule has 80 valence electrons. The van der Waals surface area contributed by atoms with E-state index >= 15 is 0 Å². The third kappa shape index (κ3) is 4.69. The van der Waals surface area contributed by atoms with E-state index < -0.39 is 5.97 Å². The molecule has 0 aliphatic carbocycles. The number of piperidine rings is 1. The highest BCUT2D eigenvalue weighted by Gasteiger charge is 2.21. The molecule has 0 radical (unpaired) electrons. The molecule has 1 fully saturated rings. The molecular weight excluding hydrogens is 213 g/mol. The molecule has 1 rings (SSSR count). The molecule has 1 N–H and O–H groups in total. The van der Waals surface area contributed by atoms with Gasteiger partial charge in [-0.25, -0.2) is 0 Å². The lowest BCUT2D eigenvalue weighted by molar-refractivity contribution is -0.142. The molecule has 0 spiro atoms. The van der Waals surface area contributed by atoms with Gasteiger partial charge in [0, 0.05) is 0 Å². The highest BCUT2D eigenvalue weighted by Crippen LogP contribution is 2.11. The first kappa shape index (κ1) is 15.5. The van der Waals surface area contributed by atoms with Crippen LogP contribution in [0.2, 0.25) is 0 Å². The lowest BCUT2D eigenvalue weighted by atomic mass is 10.1. The van der Waals surface area contributed by atoms with Gasteiger partial charge in [-0.1, -0.05) is 6.42 Å². The van der Waals surface area contributed by atoms with Crippen LogP contribution in [-0.4, -0.2) is 35.1 Å². The maximum atomic E-state index is 10.6. The first-order chi connectivity index (χ1) is 5.22. The molecule has 0 aromatic carbocycles. The van der Waals surface area contributed by atoms with Crippen LogP contribution >= 0.6 is 24.8 Å². The van der Waals surface area contributed by atoms with Crippen molar-refractivity contribution in [3.63, 3.8) is 0 Å². The minimum atomic E-state index is -0.702. The molecule has 0 bridgehead atoms. The van der Waals surface area contributed by atoms with Crippen LogP contribution in [0, 0.1) is 0 Å². The maximum Gasteiger partial charge on any atom is 0.320 e. The third-order valence-corrected chi connectivity index (χ3v) is 2.30. The van der Waals surface area contributed by atoms with E-state index in [1.54, 1.807) is 6.92 Å². The summed E-state index contributed by atoms with van der Waals surface area (Å²) in [6.45, 7) is 3.66.